The fourth-order valence-electron chi connectivity index (χ4n) is 2.71. The first-order valence-corrected chi connectivity index (χ1v) is 10.6. The largest absolute Gasteiger partial charge is 0.465 e. The highest BCUT2D eigenvalue weighted by atomic mass is 35.5. The molecule has 0 saturated carbocycles. The van der Waals surface area contributed by atoms with E-state index in [1.54, 1.807) is 37.3 Å². The van der Waals surface area contributed by atoms with Crippen molar-refractivity contribution in [3.8, 4) is 0 Å². The van der Waals surface area contributed by atoms with E-state index in [-0.39, 0.29) is 6.42 Å². The molecule has 2 rings (SSSR count). The van der Waals surface area contributed by atoms with Crippen molar-refractivity contribution < 1.29 is 22.7 Å². The first-order valence-electron chi connectivity index (χ1n) is 8.41. The molecule has 0 fully saturated rings. The molecule has 0 aliphatic heterocycles. The van der Waals surface area contributed by atoms with Crippen LogP contribution in [0, 0.1) is 0 Å². The maximum atomic E-state index is 12.8. The molecule has 150 valence electrons. The lowest BCUT2D eigenvalue weighted by Gasteiger charge is -2.30. The summed E-state index contributed by atoms with van der Waals surface area (Å²) in [6.07, 6.45) is 1.28. The van der Waals surface area contributed by atoms with Crippen LogP contribution in [-0.2, 0) is 19.6 Å². The highest BCUT2D eigenvalue weighted by Gasteiger charge is 2.31. The van der Waals surface area contributed by atoms with Crippen LogP contribution >= 0.6 is 11.6 Å². The summed E-state index contributed by atoms with van der Waals surface area (Å²) in [5.74, 6) is -0.993. The van der Waals surface area contributed by atoms with E-state index in [4.69, 9.17) is 11.6 Å². The number of anilines is 2. The van der Waals surface area contributed by atoms with Gasteiger partial charge in [-0.15, -0.1) is 0 Å². The zero-order valence-electron chi connectivity index (χ0n) is 15.7. The Balaban J connectivity index is 2.30. The third kappa shape index (κ3) is 5.24. The second-order valence-corrected chi connectivity index (χ2v) is 8.32. The minimum atomic E-state index is -3.75. The van der Waals surface area contributed by atoms with Crippen LogP contribution in [0.3, 0.4) is 0 Å². The fraction of sp³-hybridized carbons (Fsp3) is 0.263. The van der Waals surface area contributed by atoms with Gasteiger partial charge in [0.15, 0.2) is 0 Å². The summed E-state index contributed by atoms with van der Waals surface area (Å²) >= 11 is 5.99. The third-order valence-corrected chi connectivity index (χ3v) is 5.38. The molecule has 7 nitrogen and oxygen atoms in total. The molecule has 0 heterocycles. The first-order chi connectivity index (χ1) is 13.2. The van der Waals surface area contributed by atoms with Gasteiger partial charge in [0.05, 0.1) is 24.6 Å². The monoisotopic (exact) mass is 424 g/mol. The number of esters is 1. The average Bonchev–Trinajstić information content (AvgIpc) is 2.64. The van der Waals surface area contributed by atoms with E-state index in [0.29, 0.717) is 22.0 Å². The summed E-state index contributed by atoms with van der Waals surface area (Å²) in [5, 5.41) is 3.04. The number of halogens is 1. The highest BCUT2D eigenvalue weighted by Crippen LogP contribution is 2.26. The van der Waals surface area contributed by atoms with E-state index in [0.717, 1.165) is 10.6 Å². The van der Waals surface area contributed by atoms with Crippen molar-refractivity contribution in [2.24, 2.45) is 0 Å². The molecule has 0 aliphatic rings. The van der Waals surface area contributed by atoms with Gasteiger partial charge in [-0.25, -0.2) is 13.2 Å². The Hall–Kier alpha value is -2.58. The topological polar surface area (TPSA) is 92.8 Å². The van der Waals surface area contributed by atoms with E-state index in [1.807, 2.05) is 0 Å². The Labute approximate surface area is 169 Å². The molecule has 28 heavy (non-hydrogen) atoms. The van der Waals surface area contributed by atoms with Gasteiger partial charge in [0.1, 0.15) is 6.04 Å². The normalized spacial score (nSPS) is 12.1. The quantitative estimate of drug-likeness (QED) is 0.688. The molecule has 0 aliphatic carbocycles. The van der Waals surface area contributed by atoms with E-state index >= 15 is 0 Å². The van der Waals surface area contributed by atoms with Crippen molar-refractivity contribution >= 4 is 44.9 Å². The van der Waals surface area contributed by atoms with Crippen molar-refractivity contribution in [2.45, 2.75) is 19.4 Å². The predicted octanol–water partition coefficient (Wildman–Crippen LogP) is 3.31. The molecule has 0 aromatic heterocycles. The van der Waals surface area contributed by atoms with Gasteiger partial charge in [0, 0.05) is 10.7 Å². The van der Waals surface area contributed by atoms with E-state index in [1.165, 1.54) is 25.3 Å². The predicted molar refractivity (Wildman–Crippen MR) is 109 cm³/mol. The molecule has 0 saturated heterocycles. The smallest absolute Gasteiger partial charge is 0.337 e. The van der Waals surface area contributed by atoms with Crippen LogP contribution in [0.4, 0.5) is 11.4 Å². The SMILES string of the molecule is CC[C@H](C(=O)Nc1ccc(C(=O)OC)cc1)N(c1cccc(Cl)c1)S(C)(=O)=O. The molecule has 2 aromatic rings. The Kier molecular flexibility index (Phi) is 7.04. The first kappa shape index (κ1) is 21.7. The van der Waals surface area contributed by atoms with Gasteiger partial charge in [0.2, 0.25) is 15.9 Å². The lowest BCUT2D eigenvalue weighted by atomic mass is 10.1. The highest BCUT2D eigenvalue weighted by molar-refractivity contribution is 7.92. The molecule has 1 atom stereocenters. The number of ether oxygens (including phenoxy) is 1. The Morgan fingerprint density at radius 2 is 1.82 bits per heavy atom. The summed E-state index contributed by atoms with van der Waals surface area (Å²) in [6.45, 7) is 1.72. The van der Waals surface area contributed by atoms with Crippen LogP contribution in [0.5, 0.6) is 0 Å². The second-order valence-electron chi connectivity index (χ2n) is 6.02. The molecular formula is C19H21ClN2O5S. The van der Waals surface area contributed by atoms with Gasteiger partial charge in [-0.1, -0.05) is 24.6 Å². The van der Waals surface area contributed by atoms with Gasteiger partial charge in [-0.05, 0) is 48.9 Å². The molecule has 0 spiro atoms. The Morgan fingerprint density at radius 3 is 2.32 bits per heavy atom. The zero-order valence-corrected chi connectivity index (χ0v) is 17.3. The molecule has 0 radical (unpaired) electrons. The van der Waals surface area contributed by atoms with Crippen LogP contribution in [0.1, 0.15) is 23.7 Å². The summed E-state index contributed by atoms with van der Waals surface area (Å²) < 4.78 is 30.5. The number of sulfonamides is 1. The lowest BCUT2D eigenvalue weighted by Crippen LogP contribution is -2.47. The minimum Gasteiger partial charge on any atom is -0.465 e. The van der Waals surface area contributed by atoms with Crippen molar-refractivity contribution in [3.63, 3.8) is 0 Å². The van der Waals surface area contributed by atoms with E-state index in [9.17, 15) is 18.0 Å². The van der Waals surface area contributed by atoms with Crippen molar-refractivity contribution in [3.05, 3.63) is 59.1 Å². The van der Waals surface area contributed by atoms with Crippen molar-refractivity contribution in [1.29, 1.82) is 0 Å². The number of nitrogens with one attached hydrogen (secondary N) is 1. The molecule has 1 amide bonds. The number of hydrogen-bond donors (Lipinski definition) is 1. The Bertz CT molecular complexity index is 961. The molecule has 0 bridgehead atoms. The maximum absolute atomic E-state index is 12.8. The third-order valence-electron chi connectivity index (χ3n) is 3.97. The van der Waals surface area contributed by atoms with Crippen LogP contribution < -0.4 is 9.62 Å². The van der Waals surface area contributed by atoms with Crippen LogP contribution in [0.25, 0.3) is 0 Å². The average molecular weight is 425 g/mol. The number of carbonyl (C=O) groups is 2. The number of carbonyl (C=O) groups excluding carboxylic acids is 2. The van der Waals surface area contributed by atoms with Crippen molar-refractivity contribution in [2.75, 3.05) is 23.0 Å². The summed E-state index contributed by atoms with van der Waals surface area (Å²) in [4.78, 5) is 24.3. The van der Waals surface area contributed by atoms with Gasteiger partial charge in [0.25, 0.3) is 0 Å². The molecule has 9 heteroatoms. The van der Waals surface area contributed by atoms with E-state index < -0.39 is 27.9 Å². The van der Waals surface area contributed by atoms with Crippen LogP contribution in [-0.4, -0.2) is 39.7 Å². The number of benzene rings is 2. The van der Waals surface area contributed by atoms with Crippen LogP contribution in [0.2, 0.25) is 5.02 Å². The maximum Gasteiger partial charge on any atom is 0.337 e. The van der Waals surface area contributed by atoms with Gasteiger partial charge < -0.3 is 10.1 Å². The minimum absolute atomic E-state index is 0.242. The van der Waals surface area contributed by atoms with Crippen molar-refractivity contribution in [1.82, 2.24) is 0 Å². The summed E-state index contributed by atoms with van der Waals surface area (Å²) in [6, 6.07) is 11.4. The number of methoxy groups -OCH3 is 1. The summed E-state index contributed by atoms with van der Waals surface area (Å²) in [5.41, 5.74) is 1.07. The second kappa shape index (κ2) is 9.07. The lowest BCUT2D eigenvalue weighted by molar-refractivity contribution is -0.117. The van der Waals surface area contributed by atoms with Gasteiger partial charge in [-0.2, -0.15) is 0 Å². The Morgan fingerprint density at radius 1 is 1.18 bits per heavy atom. The summed E-state index contributed by atoms with van der Waals surface area (Å²) in [7, 11) is -2.47. The molecule has 0 unspecified atom stereocenters. The molecule has 1 N–H and O–H groups in total. The van der Waals surface area contributed by atoms with Gasteiger partial charge in [-0.3, -0.25) is 9.10 Å². The molecular weight excluding hydrogens is 404 g/mol. The number of rotatable bonds is 7. The van der Waals surface area contributed by atoms with E-state index in [2.05, 4.69) is 10.1 Å². The zero-order chi connectivity index (χ0) is 20.9. The number of hydrogen-bond acceptors (Lipinski definition) is 5. The number of nitrogens with zero attached hydrogens (tertiary/aromatic N) is 1. The van der Waals surface area contributed by atoms with Crippen LogP contribution in [0.15, 0.2) is 48.5 Å². The molecule has 2 aromatic carbocycles. The number of amides is 1. The van der Waals surface area contributed by atoms with Gasteiger partial charge >= 0.3 is 5.97 Å². The standard InChI is InChI=1S/C19H21ClN2O5S/c1-4-17(22(28(3,25)26)16-7-5-6-14(20)12-16)18(23)21-15-10-8-13(9-11-15)19(24)27-2/h5-12,17H,4H2,1-3H3,(H,21,23)/t17-/m1/s1. The fourth-order valence-corrected chi connectivity index (χ4v) is 4.09.